The monoisotopic (exact) mass is 246 g/mol. The van der Waals surface area contributed by atoms with Gasteiger partial charge in [0, 0.05) is 23.5 Å². The molecule has 4 nitrogen and oxygen atoms in total. The summed E-state index contributed by atoms with van der Waals surface area (Å²) >= 11 is 0. The predicted molar refractivity (Wildman–Crippen MR) is 74.0 cm³/mol. The zero-order valence-electron chi connectivity index (χ0n) is 10.0. The standard InChI is InChI=1S/C15H10N4/c16-9-11-3-6-15(18-10-11)19-13-4-5-14-12(8-13)2-1-7-17-14/h1-8,10H,(H,18,19). The molecule has 0 aliphatic heterocycles. The van der Waals surface area contributed by atoms with Gasteiger partial charge in [-0.1, -0.05) is 6.07 Å². The van der Waals surface area contributed by atoms with Crippen molar-refractivity contribution in [2.75, 3.05) is 5.32 Å². The quantitative estimate of drug-likeness (QED) is 0.754. The molecule has 90 valence electrons. The van der Waals surface area contributed by atoms with Crippen molar-refractivity contribution in [3.05, 3.63) is 60.4 Å². The smallest absolute Gasteiger partial charge is 0.130 e. The number of pyridine rings is 2. The van der Waals surface area contributed by atoms with E-state index in [0.29, 0.717) is 11.4 Å². The van der Waals surface area contributed by atoms with Crippen LogP contribution in [0, 0.1) is 11.3 Å². The highest BCUT2D eigenvalue weighted by Crippen LogP contribution is 2.20. The molecular formula is C15H10N4. The predicted octanol–water partition coefficient (Wildman–Crippen LogP) is 3.25. The van der Waals surface area contributed by atoms with Crippen LogP contribution in [0.25, 0.3) is 10.9 Å². The zero-order valence-corrected chi connectivity index (χ0v) is 10.0. The Bertz CT molecular complexity index is 757. The van der Waals surface area contributed by atoms with Gasteiger partial charge in [-0.05, 0) is 36.4 Å². The molecule has 0 saturated carbocycles. The highest BCUT2D eigenvalue weighted by Gasteiger charge is 1.99. The number of nitrogens with zero attached hydrogens (tertiary/aromatic N) is 3. The second kappa shape index (κ2) is 4.75. The van der Waals surface area contributed by atoms with Gasteiger partial charge in [0.1, 0.15) is 11.9 Å². The molecule has 0 unspecified atom stereocenters. The Labute approximate surface area is 110 Å². The molecule has 4 heteroatoms. The number of rotatable bonds is 2. The molecule has 0 radical (unpaired) electrons. The van der Waals surface area contributed by atoms with Crippen molar-refractivity contribution in [2.24, 2.45) is 0 Å². The molecule has 0 atom stereocenters. The van der Waals surface area contributed by atoms with Crippen molar-refractivity contribution in [1.82, 2.24) is 9.97 Å². The fourth-order valence-electron chi connectivity index (χ4n) is 1.84. The van der Waals surface area contributed by atoms with E-state index in [1.165, 1.54) is 0 Å². The van der Waals surface area contributed by atoms with Crippen LogP contribution in [0.15, 0.2) is 54.9 Å². The maximum atomic E-state index is 8.72. The van der Waals surface area contributed by atoms with Crippen LogP contribution in [0.4, 0.5) is 11.5 Å². The first kappa shape index (κ1) is 11.2. The van der Waals surface area contributed by atoms with Crippen LogP contribution in [-0.4, -0.2) is 9.97 Å². The molecule has 0 spiro atoms. The van der Waals surface area contributed by atoms with E-state index in [1.54, 1.807) is 24.5 Å². The molecule has 0 aliphatic carbocycles. The van der Waals surface area contributed by atoms with E-state index in [9.17, 15) is 0 Å². The van der Waals surface area contributed by atoms with E-state index in [-0.39, 0.29) is 0 Å². The van der Waals surface area contributed by atoms with Crippen molar-refractivity contribution in [3.8, 4) is 6.07 Å². The Hall–Kier alpha value is -2.93. The first-order valence-electron chi connectivity index (χ1n) is 5.83. The van der Waals surface area contributed by atoms with Crippen LogP contribution in [-0.2, 0) is 0 Å². The molecule has 3 aromatic rings. The number of hydrogen-bond acceptors (Lipinski definition) is 4. The second-order valence-electron chi connectivity index (χ2n) is 4.08. The minimum Gasteiger partial charge on any atom is -0.340 e. The summed E-state index contributed by atoms with van der Waals surface area (Å²) in [6, 6.07) is 15.4. The van der Waals surface area contributed by atoms with Crippen molar-refractivity contribution < 1.29 is 0 Å². The van der Waals surface area contributed by atoms with Crippen LogP contribution in [0.2, 0.25) is 0 Å². The molecule has 0 bridgehead atoms. The van der Waals surface area contributed by atoms with E-state index >= 15 is 0 Å². The molecule has 2 aromatic heterocycles. The van der Waals surface area contributed by atoms with Gasteiger partial charge < -0.3 is 5.32 Å². The number of hydrogen-bond donors (Lipinski definition) is 1. The Kier molecular flexibility index (Phi) is 2.79. The normalized spacial score (nSPS) is 10.1. The van der Waals surface area contributed by atoms with Crippen LogP contribution >= 0.6 is 0 Å². The van der Waals surface area contributed by atoms with Gasteiger partial charge >= 0.3 is 0 Å². The molecule has 19 heavy (non-hydrogen) atoms. The average Bonchev–Trinajstić information content (AvgIpc) is 2.48. The lowest BCUT2D eigenvalue weighted by atomic mass is 10.2. The van der Waals surface area contributed by atoms with Crippen molar-refractivity contribution in [1.29, 1.82) is 5.26 Å². The summed E-state index contributed by atoms with van der Waals surface area (Å²) in [6.07, 6.45) is 3.32. The molecule has 0 aliphatic rings. The first-order chi connectivity index (χ1) is 9.35. The topological polar surface area (TPSA) is 61.6 Å². The molecule has 1 N–H and O–H groups in total. The first-order valence-corrected chi connectivity index (χ1v) is 5.83. The largest absolute Gasteiger partial charge is 0.340 e. The summed E-state index contributed by atoms with van der Waals surface area (Å²) in [5, 5.41) is 13.0. The summed E-state index contributed by atoms with van der Waals surface area (Å²) in [5.74, 6) is 0.710. The molecule has 0 fully saturated rings. The maximum Gasteiger partial charge on any atom is 0.130 e. The van der Waals surface area contributed by atoms with Gasteiger partial charge in [-0.3, -0.25) is 4.98 Å². The summed E-state index contributed by atoms with van der Waals surface area (Å²) in [6.45, 7) is 0. The van der Waals surface area contributed by atoms with Gasteiger partial charge in [0.2, 0.25) is 0 Å². The number of nitriles is 1. The Morgan fingerprint density at radius 2 is 2.00 bits per heavy atom. The highest BCUT2D eigenvalue weighted by atomic mass is 15.0. The molecule has 0 amide bonds. The minimum atomic E-state index is 0.549. The van der Waals surface area contributed by atoms with E-state index < -0.39 is 0 Å². The summed E-state index contributed by atoms with van der Waals surface area (Å²) in [7, 11) is 0. The molecular weight excluding hydrogens is 236 g/mol. The van der Waals surface area contributed by atoms with Gasteiger partial charge in [-0.15, -0.1) is 0 Å². The molecule has 0 saturated heterocycles. The highest BCUT2D eigenvalue weighted by molar-refractivity contribution is 5.82. The maximum absolute atomic E-state index is 8.72. The number of benzene rings is 1. The lowest BCUT2D eigenvalue weighted by Crippen LogP contribution is -1.93. The van der Waals surface area contributed by atoms with Gasteiger partial charge in [-0.2, -0.15) is 5.26 Å². The minimum absolute atomic E-state index is 0.549. The Morgan fingerprint density at radius 3 is 2.79 bits per heavy atom. The number of aromatic nitrogens is 2. The second-order valence-corrected chi connectivity index (χ2v) is 4.08. The summed E-state index contributed by atoms with van der Waals surface area (Å²) < 4.78 is 0. The average molecular weight is 246 g/mol. The number of anilines is 2. The van der Waals surface area contributed by atoms with E-state index in [0.717, 1.165) is 16.6 Å². The number of nitrogens with one attached hydrogen (secondary N) is 1. The van der Waals surface area contributed by atoms with Crippen LogP contribution in [0.1, 0.15) is 5.56 Å². The Balaban J connectivity index is 1.90. The van der Waals surface area contributed by atoms with E-state index in [2.05, 4.69) is 15.3 Å². The van der Waals surface area contributed by atoms with Crippen molar-refractivity contribution in [2.45, 2.75) is 0 Å². The Morgan fingerprint density at radius 1 is 1.05 bits per heavy atom. The third kappa shape index (κ3) is 2.35. The van der Waals surface area contributed by atoms with Crippen LogP contribution in [0.3, 0.4) is 0 Å². The zero-order chi connectivity index (χ0) is 13.1. The van der Waals surface area contributed by atoms with Gasteiger partial charge in [0.25, 0.3) is 0 Å². The number of fused-ring (bicyclic) bond motifs is 1. The van der Waals surface area contributed by atoms with Crippen molar-refractivity contribution in [3.63, 3.8) is 0 Å². The fraction of sp³-hybridized carbons (Fsp3) is 0. The fourth-order valence-corrected chi connectivity index (χ4v) is 1.84. The third-order valence-electron chi connectivity index (χ3n) is 2.77. The molecule has 2 heterocycles. The van der Waals surface area contributed by atoms with Gasteiger partial charge in [-0.25, -0.2) is 4.98 Å². The van der Waals surface area contributed by atoms with Crippen LogP contribution < -0.4 is 5.32 Å². The van der Waals surface area contributed by atoms with Crippen molar-refractivity contribution >= 4 is 22.4 Å². The molecule has 3 rings (SSSR count). The van der Waals surface area contributed by atoms with E-state index in [4.69, 9.17) is 5.26 Å². The van der Waals surface area contributed by atoms with E-state index in [1.807, 2.05) is 36.4 Å². The van der Waals surface area contributed by atoms with Gasteiger partial charge in [0.05, 0.1) is 11.1 Å². The summed E-state index contributed by atoms with van der Waals surface area (Å²) in [5.41, 5.74) is 2.45. The molecule has 1 aromatic carbocycles. The SMILES string of the molecule is N#Cc1ccc(Nc2ccc3ncccc3c2)nc1. The lowest BCUT2D eigenvalue weighted by Gasteiger charge is -2.06. The van der Waals surface area contributed by atoms with Gasteiger partial charge in [0.15, 0.2) is 0 Å². The van der Waals surface area contributed by atoms with Crippen LogP contribution in [0.5, 0.6) is 0 Å². The lowest BCUT2D eigenvalue weighted by molar-refractivity contribution is 1.29. The summed E-state index contributed by atoms with van der Waals surface area (Å²) in [4.78, 5) is 8.45. The third-order valence-corrected chi connectivity index (χ3v) is 2.77.